The van der Waals surface area contributed by atoms with Crippen LogP contribution in [0.15, 0.2) is 24.3 Å². The van der Waals surface area contributed by atoms with E-state index in [4.69, 9.17) is 5.73 Å². The molecule has 0 aliphatic heterocycles. The van der Waals surface area contributed by atoms with Crippen molar-refractivity contribution in [1.29, 1.82) is 0 Å². The average Bonchev–Trinajstić information content (AvgIpc) is 3.07. The molecule has 18 heavy (non-hydrogen) atoms. The largest absolute Gasteiger partial charge is 0.416 e. The number of carbonyl (C=O) groups excluding carboxylic acids is 1. The summed E-state index contributed by atoms with van der Waals surface area (Å²) >= 11 is 0. The summed E-state index contributed by atoms with van der Waals surface area (Å²) in [5.41, 5.74) is 4.59. The number of amides is 1. The summed E-state index contributed by atoms with van der Waals surface area (Å²) in [6.45, 7) is 0.334. The predicted molar refractivity (Wildman–Crippen MR) is 59.4 cm³/mol. The van der Waals surface area contributed by atoms with Crippen LogP contribution in [0.25, 0.3) is 0 Å². The van der Waals surface area contributed by atoms with Crippen molar-refractivity contribution in [3.8, 4) is 0 Å². The molecule has 1 saturated carbocycles. The first kappa shape index (κ1) is 12.9. The molecule has 0 heterocycles. The van der Waals surface area contributed by atoms with E-state index in [1.165, 1.54) is 12.1 Å². The Kier molecular flexibility index (Phi) is 3.06. The van der Waals surface area contributed by atoms with Crippen LogP contribution in [0, 0.1) is 0 Å². The van der Waals surface area contributed by atoms with Crippen LogP contribution in [-0.2, 0) is 17.5 Å². The van der Waals surface area contributed by atoms with E-state index in [9.17, 15) is 18.0 Å². The van der Waals surface area contributed by atoms with E-state index in [2.05, 4.69) is 5.32 Å². The highest BCUT2D eigenvalue weighted by Crippen LogP contribution is 2.35. The quantitative estimate of drug-likeness (QED) is 0.865. The lowest BCUT2D eigenvalue weighted by Crippen LogP contribution is -2.43. The molecule has 0 saturated heterocycles. The first-order chi connectivity index (χ1) is 8.33. The molecule has 1 aliphatic rings. The average molecular weight is 258 g/mol. The molecule has 0 bridgehead atoms. The number of carbonyl (C=O) groups is 1. The van der Waals surface area contributed by atoms with Gasteiger partial charge in [-0.1, -0.05) is 12.1 Å². The second kappa shape index (κ2) is 4.28. The van der Waals surface area contributed by atoms with Crippen molar-refractivity contribution in [3.05, 3.63) is 35.4 Å². The van der Waals surface area contributed by atoms with Gasteiger partial charge in [0.2, 0.25) is 5.91 Å². The summed E-state index contributed by atoms with van der Waals surface area (Å²) in [7, 11) is 0. The van der Waals surface area contributed by atoms with E-state index in [1.54, 1.807) is 0 Å². The summed E-state index contributed by atoms with van der Waals surface area (Å²) in [6.07, 6.45) is -2.96. The molecule has 1 amide bonds. The number of hydrogen-bond donors (Lipinski definition) is 2. The van der Waals surface area contributed by atoms with E-state index >= 15 is 0 Å². The maximum atomic E-state index is 12.3. The summed E-state index contributed by atoms with van der Waals surface area (Å²) in [4.78, 5) is 11.1. The van der Waals surface area contributed by atoms with Crippen LogP contribution in [0.2, 0.25) is 0 Å². The number of nitrogens with two attached hydrogens (primary N) is 1. The smallest absolute Gasteiger partial charge is 0.368 e. The third kappa shape index (κ3) is 2.64. The molecule has 0 atom stereocenters. The molecular formula is C12H13F3N2O. The second-order valence-corrected chi connectivity index (χ2v) is 4.49. The first-order valence-corrected chi connectivity index (χ1v) is 5.55. The Bertz CT molecular complexity index is 449. The number of primary amides is 1. The zero-order chi connectivity index (χ0) is 13.4. The van der Waals surface area contributed by atoms with Gasteiger partial charge in [-0.05, 0) is 30.5 Å². The molecule has 98 valence electrons. The molecule has 0 spiro atoms. The van der Waals surface area contributed by atoms with Gasteiger partial charge in [-0.25, -0.2) is 0 Å². The van der Waals surface area contributed by atoms with E-state index in [-0.39, 0.29) is 0 Å². The van der Waals surface area contributed by atoms with Crippen molar-refractivity contribution in [2.24, 2.45) is 5.73 Å². The number of alkyl halides is 3. The number of hydrogen-bond acceptors (Lipinski definition) is 2. The first-order valence-electron chi connectivity index (χ1n) is 5.55. The lowest BCUT2D eigenvalue weighted by molar-refractivity contribution is -0.137. The lowest BCUT2D eigenvalue weighted by Gasteiger charge is -2.13. The maximum Gasteiger partial charge on any atom is 0.416 e. The van der Waals surface area contributed by atoms with Crippen LogP contribution < -0.4 is 11.1 Å². The van der Waals surface area contributed by atoms with Crippen LogP contribution in [0.3, 0.4) is 0 Å². The highest BCUT2D eigenvalue weighted by Gasteiger charge is 2.47. The van der Waals surface area contributed by atoms with Gasteiger partial charge in [-0.15, -0.1) is 0 Å². The van der Waals surface area contributed by atoms with Gasteiger partial charge in [-0.2, -0.15) is 13.2 Å². The molecule has 1 aromatic rings. The number of benzene rings is 1. The molecule has 1 aliphatic carbocycles. The highest BCUT2D eigenvalue weighted by atomic mass is 19.4. The van der Waals surface area contributed by atoms with Crippen molar-refractivity contribution in [1.82, 2.24) is 5.32 Å². The Labute approximate surface area is 102 Å². The molecule has 2 rings (SSSR count). The molecule has 1 aromatic carbocycles. The Balaban J connectivity index is 1.97. The van der Waals surface area contributed by atoms with Gasteiger partial charge in [0.25, 0.3) is 0 Å². The second-order valence-electron chi connectivity index (χ2n) is 4.49. The van der Waals surface area contributed by atoms with Crippen LogP contribution in [-0.4, -0.2) is 11.4 Å². The monoisotopic (exact) mass is 258 g/mol. The van der Waals surface area contributed by atoms with Crippen LogP contribution in [0.1, 0.15) is 24.0 Å². The molecule has 1 fully saturated rings. The predicted octanol–water partition coefficient (Wildman–Crippen LogP) is 1.81. The van der Waals surface area contributed by atoms with E-state index in [1.807, 2.05) is 0 Å². The zero-order valence-electron chi connectivity index (χ0n) is 9.55. The van der Waals surface area contributed by atoms with E-state index in [0.717, 1.165) is 12.1 Å². The van der Waals surface area contributed by atoms with Gasteiger partial charge < -0.3 is 5.73 Å². The maximum absolute atomic E-state index is 12.3. The van der Waals surface area contributed by atoms with Crippen molar-refractivity contribution >= 4 is 5.91 Å². The van der Waals surface area contributed by atoms with Crippen molar-refractivity contribution in [2.75, 3.05) is 0 Å². The minimum Gasteiger partial charge on any atom is -0.368 e. The van der Waals surface area contributed by atoms with Crippen molar-refractivity contribution in [3.63, 3.8) is 0 Å². The minimum atomic E-state index is -4.32. The lowest BCUT2D eigenvalue weighted by atomic mass is 10.1. The minimum absolute atomic E-state index is 0.334. The number of rotatable bonds is 4. The van der Waals surface area contributed by atoms with Crippen molar-refractivity contribution in [2.45, 2.75) is 31.1 Å². The summed E-state index contributed by atoms with van der Waals surface area (Å²) < 4.78 is 37.0. The van der Waals surface area contributed by atoms with Gasteiger partial charge in [-0.3, -0.25) is 10.1 Å². The highest BCUT2D eigenvalue weighted by molar-refractivity contribution is 5.87. The number of halogens is 3. The molecule has 0 radical (unpaired) electrons. The molecular weight excluding hydrogens is 245 g/mol. The SMILES string of the molecule is NC(=O)C1(NCc2ccc(C(F)(F)F)cc2)CC1. The van der Waals surface area contributed by atoms with Gasteiger partial charge in [0.05, 0.1) is 11.1 Å². The fraction of sp³-hybridized carbons (Fsp3) is 0.417. The normalized spacial score (nSPS) is 17.5. The van der Waals surface area contributed by atoms with Gasteiger partial charge >= 0.3 is 6.18 Å². The Morgan fingerprint density at radius 2 is 1.83 bits per heavy atom. The standard InChI is InChI=1S/C12H13F3N2O/c13-12(14,15)9-3-1-8(2-4-9)7-17-11(5-6-11)10(16)18/h1-4,17H,5-7H2,(H2,16,18). The molecule has 0 unspecified atom stereocenters. The van der Waals surface area contributed by atoms with Crippen LogP contribution >= 0.6 is 0 Å². The topological polar surface area (TPSA) is 55.1 Å². The molecule has 3 N–H and O–H groups in total. The van der Waals surface area contributed by atoms with E-state index < -0.39 is 23.2 Å². The molecule has 6 heteroatoms. The van der Waals surface area contributed by atoms with Gasteiger partial charge in [0.1, 0.15) is 0 Å². The van der Waals surface area contributed by atoms with Gasteiger partial charge in [0, 0.05) is 6.54 Å². The fourth-order valence-electron chi connectivity index (χ4n) is 1.72. The Morgan fingerprint density at radius 3 is 2.22 bits per heavy atom. The van der Waals surface area contributed by atoms with Crippen LogP contribution in [0.4, 0.5) is 13.2 Å². The fourth-order valence-corrected chi connectivity index (χ4v) is 1.72. The number of nitrogens with one attached hydrogen (secondary N) is 1. The third-order valence-electron chi connectivity index (χ3n) is 3.13. The van der Waals surface area contributed by atoms with E-state index in [0.29, 0.717) is 24.9 Å². The Hall–Kier alpha value is -1.56. The third-order valence-corrected chi connectivity index (χ3v) is 3.13. The van der Waals surface area contributed by atoms with Gasteiger partial charge in [0.15, 0.2) is 0 Å². The molecule has 3 nitrogen and oxygen atoms in total. The van der Waals surface area contributed by atoms with Crippen LogP contribution in [0.5, 0.6) is 0 Å². The van der Waals surface area contributed by atoms with Crippen molar-refractivity contribution < 1.29 is 18.0 Å². The summed E-state index contributed by atoms with van der Waals surface area (Å²) in [6, 6.07) is 4.85. The summed E-state index contributed by atoms with van der Waals surface area (Å²) in [5, 5.41) is 2.99. The summed E-state index contributed by atoms with van der Waals surface area (Å²) in [5.74, 6) is -0.408. The zero-order valence-corrected chi connectivity index (χ0v) is 9.55. The molecule has 0 aromatic heterocycles. The Morgan fingerprint density at radius 1 is 1.28 bits per heavy atom.